The lowest BCUT2D eigenvalue weighted by molar-refractivity contribution is 1.34. The van der Waals surface area contributed by atoms with Crippen LogP contribution in [0.4, 0.5) is 0 Å². The van der Waals surface area contributed by atoms with Crippen molar-refractivity contribution in [1.29, 1.82) is 0 Å². The van der Waals surface area contributed by atoms with Crippen LogP contribution in [0.5, 0.6) is 0 Å². The standard InChI is InChI=1S/C14H12Cl2/c1-9-6-13(16)8-14(10(9)2)11-4-3-5-12(15)7-11/h3-8H,1-2H3. The molecule has 82 valence electrons. The Morgan fingerprint density at radius 1 is 0.875 bits per heavy atom. The van der Waals surface area contributed by atoms with Crippen molar-refractivity contribution >= 4 is 23.2 Å². The summed E-state index contributed by atoms with van der Waals surface area (Å²) in [6.07, 6.45) is 0. The summed E-state index contributed by atoms with van der Waals surface area (Å²) in [7, 11) is 0. The van der Waals surface area contributed by atoms with Crippen molar-refractivity contribution in [3.8, 4) is 11.1 Å². The Morgan fingerprint density at radius 3 is 2.31 bits per heavy atom. The molecule has 0 unspecified atom stereocenters. The van der Waals surface area contributed by atoms with E-state index in [1.165, 1.54) is 11.1 Å². The second-order valence-electron chi connectivity index (χ2n) is 3.91. The molecule has 2 aromatic rings. The molecular formula is C14H12Cl2. The van der Waals surface area contributed by atoms with Gasteiger partial charge in [-0.2, -0.15) is 0 Å². The Kier molecular flexibility index (Phi) is 3.22. The highest BCUT2D eigenvalue weighted by Crippen LogP contribution is 2.30. The normalized spacial score (nSPS) is 10.5. The van der Waals surface area contributed by atoms with Crippen LogP contribution in [0.15, 0.2) is 36.4 Å². The first-order chi connectivity index (χ1) is 7.58. The van der Waals surface area contributed by atoms with Crippen LogP contribution in [0.1, 0.15) is 11.1 Å². The van der Waals surface area contributed by atoms with E-state index in [9.17, 15) is 0 Å². The Balaban J connectivity index is 2.64. The van der Waals surface area contributed by atoms with Crippen LogP contribution >= 0.6 is 23.2 Å². The van der Waals surface area contributed by atoms with Gasteiger partial charge < -0.3 is 0 Å². The summed E-state index contributed by atoms with van der Waals surface area (Å²) in [4.78, 5) is 0. The van der Waals surface area contributed by atoms with E-state index in [2.05, 4.69) is 13.8 Å². The number of halogens is 2. The first-order valence-corrected chi connectivity index (χ1v) is 5.86. The minimum atomic E-state index is 0.745. The van der Waals surface area contributed by atoms with E-state index in [0.717, 1.165) is 21.2 Å². The summed E-state index contributed by atoms with van der Waals surface area (Å²) in [5, 5.41) is 1.51. The van der Waals surface area contributed by atoms with Gasteiger partial charge in [0.1, 0.15) is 0 Å². The summed E-state index contributed by atoms with van der Waals surface area (Å²) in [5.74, 6) is 0. The zero-order valence-electron chi connectivity index (χ0n) is 9.22. The number of rotatable bonds is 1. The van der Waals surface area contributed by atoms with E-state index in [1.807, 2.05) is 36.4 Å². The zero-order valence-corrected chi connectivity index (χ0v) is 10.7. The Labute approximate surface area is 106 Å². The third-order valence-corrected chi connectivity index (χ3v) is 3.22. The minimum absolute atomic E-state index is 0.745. The van der Waals surface area contributed by atoms with Gasteiger partial charge in [0.15, 0.2) is 0 Å². The van der Waals surface area contributed by atoms with Gasteiger partial charge in [0.2, 0.25) is 0 Å². The number of hydrogen-bond donors (Lipinski definition) is 0. The average molecular weight is 251 g/mol. The van der Waals surface area contributed by atoms with Crippen LogP contribution in [0.25, 0.3) is 11.1 Å². The molecule has 0 fully saturated rings. The molecule has 0 atom stereocenters. The summed E-state index contributed by atoms with van der Waals surface area (Å²) < 4.78 is 0. The summed E-state index contributed by atoms with van der Waals surface area (Å²) >= 11 is 12.1. The van der Waals surface area contributed by atoms with Crippen molar-refractivity contribution < 1.29 is 0 Å². The topological polar surface area (TPSA) is 0 Å². The van der Waals surface area contributed by atoms with Crippen molar-refractivity contribution in [2.24, 2.45) is 0 Å². The van der Waals surface area contributed by atoms with Crippen LogP contribution in [0.3, 0.4) is 0 Å². The molecule has 0 heterocycles. The highest BCUT2D eigenvalue weighted by Gasteiger charge is 2.06. The van der Waals surface area contributed by atoms with Crippen molar-refractivity contribution in [2.45, 2.75) is 13.8 Å². The fourth-order valence-electron chi connectivity index (χ4n) is 1.77. The first-order valence-electron chi connectivity index (χ1n) is 5.10. The predicted octanol–water partition coefficient (Wildman–Crippen LogP) is 5.28. The van der Waals surface area contributed by atoms with Crippen molar-refractivity contribution in [1.82, 2.24) is 0 Å². The van der Waals surface area contributed by atoms with Crippen LogP contribution in [-0.4, -0.2) is 0 Å². The van der Waals surface area contributed by atoms with Crippen LogP contribution in [0, 0.1) is 13.8 Å². The zero-order chi connectivity index (χ0) is 11.7. The molecule has 16 heavy (non-hydrogen) atoms. The minimum Gasteiger partial charge on any atom is -0.0843 e. The maximum absolute atomic E-state index is 6.08. The monoisotopic (exact) mass is 250 g/mol. The molecule has 0 nitrogen and oxygen atoms in total. The van der Waals surface area contributed by atoms with Gasteiger partial charge in [-0.05, 0) is 60.4 Å². The molecule has 0 saturated carbocycles. The summed E-state index contributed by atoms with van der Waals surface area (Å²) in [5.41, 5.74) is 4.69. The van der Waals surface area contributed by atoms with Gasteiger partial charge in [0.05, 0.1) is 0 Å². The third-order valence-electron chi connectivity index (χ3n) is 2.77. The molecule has 0 aliphatic rings. The number of hydrogen-bond acceptors (Lipinski definition) is 0. The maximum atomic E-state index is 6.08. The van der Waals surface area contributed by atoms with Crippen molar-refractivity contribution in [3.63, 3.8) is 0 Å². The Hall–Kier alpha value is -0.980. The van der Waals surface area contributed by atoms with E-state index in [4.69, 9.17) is 23.2 Å². The molecule has 0 bridgehead atoms. The molecule has 0 aliphatic carbocycles. The maximum Gasteiger partial charge on any atom is 0.0415 e. The first kappa shape index (κ1) is 11.5. The van der Waals surface area contributed by atoms with Crippen LogP contribution in [0.2, 0.25) is 10.0 Å². The smallest absolute Gasteiger partial charge is 0.0415 e. The van der Waals surface area contributed by atoms with Gasteiger partial charge in [-0.15, -0.1) is 0 Å². The van der Waals surface area contributed by atoms with Gasteiger partial charge >= 0.3 is 0 Å². The van der Waals surface area contributed by atoms with E-state index in [1.54, 1.807) is 0 Å². The summed E-state index contributed by atoms with van der Waals surface area (Å²) in [6, 6.07) is 11.8. The van der Waals surface area contributed by atoms with E-state index in [-0.39, 0.29) is 0 Å². The van der Waals surface area contributed by atoms with E-state index in [0.29, 0.717) is 0 Å². The fourth-order valence-corrected chi connectivity index (χ4v) is 2.23. The highest BCUT2D eigenvalue weighted by molar-refractivity contribution is 6.31. The summed E-state index contributed by atoms with van der Waals surface area (Å²) in [6.45, 7) is 4.16. The van der Waals surface area contributed by atoms with Gasteiger partial charge in [0.25, 0.3) is 0 Å². The quantitative estimate of drug-likeness (QED) is 0.647. The molecule has 0 aromatic heterocycles. The Bertz CT molecular complexity index is 530. The number of aryl methyl sites for hydroxylation is 1. The molecule has 0 radical (unpaired) electrons. The van der Waals surface area contributed by atoms with Crippen LogP contribution in [-0.2, 0) is 0 Å². The van der Waals surface area contributed by atoms with Gasteiger partial charge in [-0.3, -0.25) is 0 Å². The van der Waals surface area contributed by atoms with Crippen molar-refractivity contribution in [3.05, 3.63) is 57.6 Å². The second-order valence-corrected chi connectivity index (χ2v) is 4.78. The number of benzene rings is 2. The second kappa shape index (κ2) is 4.48. The molecule has 0 aliphatic heterocycles. The lowest BCUT2D eigenvalue weighted by atomic mass is 9.97. The predicted molar refractivity (Wildman–Crippen MR) is 71.4 cm³/mol. The van der Waals surface area contributed by atoms with Gasteiger partial charge in [0, 0.05) is 10.0 Å². The fraction of sp³-hybridized carbons (Fsp3) is 0.143. The molecule has 2 heteroatoms. The molecule has 2 rings (SSSR count). The van der Waals surface area contributed by atoms with E-state index < -0.39 is 0 Å². The largest absolute Gasteiger partial charge is 0.0843 e. The van der Waals surface area contributed by atoms with Crippen molar-refractivity contribution in [2.75, 3.05) is 0 Å². The van der Waals surface area contributed by atoms with Gasteiger partial charge in [-0.1, -0.05) is 35.3 Å². The molecule has 0 amide bonds. The van der Waals surface area contributed by atoms with E-state index >= 15 is 0 Å². The van der Waals surface area contributed by atoms with Gasteiger partial charge in [-0.25, -0.2) is 0 Å². The molecular weight excluding hydrogens is 239 g/mol. The SMILES string of the molecule is Cc1cc(Cl)cc(-c2cccc(Cl)c2)c1C. The molecule has 0 N–H and O–H groups in total. The Morgan fingerprint density at radius 2 is 1.62 bits per heavy atom. The molecule has 0 saturated heterocycles. The lowest BCUT2D eigenvalue weighted by Crippen LogP contribution is -1.87. The average Bonchev–Trinajstić information content (AvgIpc) is 2.23. The third kappa shape index (κ3) is 2.23. The van der Waals surface area contributed by atoms with Crippen LogP contribution < -0.4 is 0 Å². The molecule has 0 spiro atoms. The molecule has 2 aromatic carbocycles. The lowest BCUT2D eigenvalue weighted by Gasteiger charge is -2.10. The highest BCUT2D eigenvalue weighted by atomic mass is 35.5.